The first-order valence-electron chi connectivity index (χ1n) is 12.8. The molecule has 192 valence electrons. The van der Waals surface area contributed by atoms with Crippen molar-refractivity contribution in [1.29, 1.82) is 5.41 Å². The molecule has 36 heavy (non-hydrogen) atoms. The SMILES string of the molecule is CC(C)(C)OC(=O)N[C@@H]1CCC[C@]12CCN(c1cnc(C(=N)N3CCCc4ncccc43)c(N)n1)C2. The number of aryl methyl sites for hydroxylation is 1. The third-order valence-electron chi connectivity index (χ3n) is 7.54. The molecule has 0 unspecified atom stereocenters. The highest BCUT2D eigenvalue weighted by atomic mass is 16.6. The number of nitrogens with zero attached hydrogens (tertiary/aromatic N) is 5. The molecule has 2 aliphatic heterocycles. The second kappa shape index (κ2) is 9.22. The van der Waals surface area contributed by atoms with Crippen LogP contribution < -0.4 is 20.9 Å². The summed E-state index contributed by atoms with van der Waals surface area (Å²) in [5.41, 5.74) is 8.14. The van der Waals surface area contributed by atoms with Crippen molar-refractivity contribution in [3.63, 3.8) is 0 Å². The quantitative estimate of drug-likeness (QED) is 0.438. The average Bonchev–Trinajstić information content (AvgIpc) is 3.44. The summed E-state index contributed by atoms with van der Waals surface area (Å²) in [6.07, 6.45) is 9.02. The van der Waals surface area contributed by atoms with Gasteiger partial charge in [0, 0.05) is 37.3 Å². The number of nitrogens with two attached hydrogens (primary N) is 1. The van der Waals surface area contributed by atoms with Crippen LogP contribution in [0.15, 0.2) is 24.5 Å². The summed E-state index contributed by atoms with van der Waals surface area (Å²) >= 11 is 0. The van der Waals surface area contributed by atoms with Gasteiger partial charge in [0.1, 0.15) is 17.1 Å². The Morgan fingerprint density at radius 3 is 2.86 bits per heavy atom. The third kappa shape index (κ3) is 4.68. The van der Waals surface area contributed by atoms with Gasteiger partial charge in [-0.15, -0.1) is 0 Å². The minimum atomic E-state index is -0.521. The Morgan fingerprint density at radius 1 is 1.25 bits per heavy atom. The van der Waals surface area contributed by atoms with Crippen LogP contribution in [0.5, 0.6) is 0 Å². The zero-order valence-corrected chi connectivity index (χ0v) is 21.4. The van der Waals surface area contributed by atoms with Crippen molar-refractivity contribution in [2.24, 2.45) is 5.41 Å². The number of aromatic nitrogens is 3. The molecule has 10 heteroatoms. The Morgan fingerprint density at radius 2 is 2.08 bits per heavy atom. The zero-order valence-electron chi connectivity index (χ0n) is 21.4. The number of fused-ring (bicyclic) bond motifs is 1. The lowest BCUT2D eigenvalue weighted by Gasteiger charge is -2.33. The van der Waals surface area contributed by atoms with Crippen LogP contribution in [0, 0.1) is 10.8 Å². The van der Waals surface area contributed by atoms with Gasteiger partial charge in [-0.05, 0) is 65.0 Å². The fourth-order valence-electron chi connectivity index (χ4n) is 5.88. The van der Waals surface area contributed by atoms with Crippen LogP contribution in [0.4, 0.5) is 22.1 Å². The molecule has 1 aliphatic carbocycles. The molecule has 10 nitrogen and oxygen atoms in total. The van der Waals surface area contributed by atoms with Crippen LogP contribution in [0.3, 0.4) is 0 Å². The lowest BCUT2D eigenvalue weighted by molar-refractivity contribution is 0.0467. The summed E-state index contributed by atoms with van der Waals surface area (Å²) in [5, 5.41) is 11.9. The highest BCUT2D eigenvalue weighted by Gasteiger charge is 2.48. The molecule has 4 N–H and O–H groups in total. The van der Waals surface area contributed by atoms with E-state index in [1.165, 1.54) is 0 Å². The van der Waals surface area contributed by atoms with Crippen molar-refractivity contribution in [2.75, 3.05) is 35.2 Å². The molecule has 2 atom stereocenters. The molecule has 3 aliphatic rings. The van der Waals surface area contributed by atoms with E-state index in [1.54, 1.807) is 12.4 Å². The molecule has 0 bridgehead atoms. The summed E-state index contributed by atoms with van der Waals surface area (Å²) in [6, 6.07) is 3.95. The Labute approximate surface area is 212 Å². The molecule has 1 amide bonds. The molecule has 1 saturated heterocycles. The molecule has 2 fully saturated rings. The maximum atomic E-state index is 12.4. The molecule has 4 heterocycles. The van der Waals surface area contributed by atoms with Gasteiger partial charge in [0.25, 0.3) is 0 Å². The average molecular weight is 493 g/mol. The first kappa shape index (κ1) is 24.3. The molecule has 2 aromatic rings. The second-order valence-electron chi connectivity index (χ2n) is 11.2. The highest BCUT2D eigenvalue weighted by Crippen LogP contribution is 2.46. The standard InChI is InChI=1S/C26H36N8O2/c1-25(2,3)36-24(35)31-19-9-4-10-26(19)11-14-33(16-26)20-15-30-21(22(27)32-20)23(28)34-13-6-7-17-18(34)8-5-12-29-17/h5,8,12,15,19,28H,4,6-7,9-11,13-14,16H2,1-3H3,(H2,27,32)(H,31,35)/t19-,26-/m1/s1. The maximum absolute atomic E-state index is 12.4. The molecule has 1 saturated carbocycles. The third-order valence-corrected chi connectivity index (χ3v) is 7.54. The number of rotatable bonds is 3. The number of amides is 1. The van der Waals surface area contributed by atoms with E-state index < -0.39 is 5.60 Å². The number of amidine groups is 1. The van der Waals surface area contributed by atoms with E-state index in [2.05, 4.69) is 25.2 Å². The van der Waals surface area contributed by atoms with E-state index in [1.807, 2.05) is 37.8 Å². The number of carbonyl (C=O) groups excluding carboxylic acids is 1. The molecule has 0 radical (unpaired) electrons. The molecular weight excluding hydrogens is 456 g/mol. The Bertz CT molecular complexity index is 1160. The van der Waals surface area contributed by atoms with Gasteiger partial charge in [-0.3, -0.25) is 10.4 Å². The van der Waals surface area contributed by atoms with Crippen molar-refractivity contribution in [1.82, 2.24) is 20.3 Å². The normalized spacial score (nSPS) is 23.6. The summed E-state index contributed by atoms with van der Waals surface area (Å²) in [5.74, 6) is 1.21. The van der Waals surface area contributed by atoms with Crippen LogP contribution in [0.25, 0.3) is 0 Å². The van der Waals surface area contributed by atoms with Gasteiger partial charge in [-0.25, -0.2) is 14.8 Å². The predicted octanol–water partition coefficient (Wildman–Crippen LogP) is 3.51. The van der Waals surface area contributed by atoms with Crippen LogP contribution in [0.2, 0.25) is 0 Å². The molecule has 0 aromatic carbocycles. The van der Waals surface area contributed by atoms with E-state index in [0.29, 0.717) is 11.5 Å². The lowest BCUT2D eigenvalue weighted by Crippen LogP contribution is -2.47. The van der Waals surface area contributed by atoms with Crippen molar-refractivity contribution < 1.29 is 9.53 Å². The van der Waals surface area contributed by atoms with Crippen molar-refractivity contribution in [3.8, 4) is 0 Å². The maximum Gasteiger partial charge on any atom is 0.407 e. The number of pyridine rings is 1. The van der Waals surface area contributed by atoms with Gasteiger partial charge < -0.3 is 25.6 Å². The summed E-state index contributed by atoms with van der Waals surface area (Å²) in [4.78, 5) is 30.3. The van der Waals surface area contributed by atoms with E-state index in [4.69, 9.17) is 15.9 Å². The van der Waals surface area contributed by atoms with Crippen molar-refractivity contribution in [3.05, 3.63) is 35.9 Å². The number of nitrogen functional groups attached to an aromatic ring is 1. The number of anilines is 3. The zero-order chi connectivity index (χ0) is 25.5. The minimum Gasteiger partial charge on any atom is -0.444 e. The molecule has 5 rings (SSSR count). The topological polar surface area (TPSA) is 133 Å². The second-order valence-corrected chi connectivity index (χ2v) is 11.2. The van der Waals surface area contributed by atoms with E-state index in [-0.39, 0.29) is 29.2 Å². The number of hydrogen-bond donors (Lipinski definition) is 3. The summed E-state index contributed by atoms with van der Waals surface area (Å²) in [7, 11) is 0. The lowest BCUT2D eigenvalue weighted by atomic mass is 9.81. The number of nitrogens with one attached hydrogen (secondary N) is 2. The number of alkyl carbamates (subject to hydrolysis) is 1. The largest absolute Gasteiger partial charge is 0.444 e. The fourth-order valence-corrected chi connectivity index (χ4v) is 5.88. The molecular formula is C26H36N8O2. The number of hydrogen-bond acceptors (Lipinski definition) is 8. The Hall–Kier alpha value is -3.43. The molecule has 1 spiro atoms. The molecule has 2 aromatic heterocycles. The number of ether oxygens (including phenoxy) is 1. The van der Waals surface area contributed by atoms with Crippen molar-refractivity contribution in [2.45, 2.75) is 70.9 Å². The van der Waals surface area contributed by atoms with E-state index >= 15 is 0 Å². The van der Waals surface area contributed by atoms with Gasteiger partial charge in [0.15, 0.2) is 11.7 Å². The first-order chi connectivity index (χ1) is 17.2. The van der Waals surface area contributed by atoms with E-state index in [9.17, 15) is 4.79 Å². The van der Waals surface area contributed by atoms with Gasteiger partial charge in [0.2, 0.25) is 0 Å². The highest BCUT2D eigenvalue weighted by molar-refractivity contribution is 6.09. The monoisotopic (exact) mass is 492 g/mol. The smallest absolute Gasteiger partial charge is 0.407 e. The van der Waals surface area contributed by atoms with Gasteiger partial charge in [-0.2, -0.15) is 0 Å². The van der Waals surface area contributed by atoms with Gasteiger partial charge in [0.05, 0.1) is 17.6 Å². The fraction of sp³-hybridized carbons (Fsp3) is 0.577. The van der Waals surface area contributed by atoms with Crippen LogP contribution in [0.1, 0.15) is 64.3 Å². The number of carbonyl (C=O) groups is 1. The summed E-state index contributed by atoms with van der Waals surface area (Å²) in [6.45, 7) is 7.96. The van der Waals surface area contributed by atoms with Gasteiger partial charge in [-0.1, -0.05) is 6.42 Å². The first-order valence-corrected chi connectivity index (χ1v) is 12.8. The van der Waals surface area contributed by atoms with Gasteiger partial charge >= 0.3 is 6.09 Å². The van der Waals surface area contributed by atoms with E-state index in [0.717, 1.165) is 69.5 Å². The Balaban J connectivity index is 1.29. The van der Waals surface area contributed by atoms with Crippen LogP contribution >= 0.6 is 0 Å². The van der Waals surface area contributed by atoms with Crippen molar-refractivity contribution >= 4 is 29.3 Å². The van der Waals surface area contributed by atoms with Crippen LogP contribution in [-0.2, 0) is 11.2 Å². The summed E-state index contributed by atoms with van der Waals surface area (Å²) < 4.78 is 5.51. The Kier molecular flexibility index (Phi) is 6.22. The van der Waals surface area contributed by atoms with Crippen LogP contribution in [-0.4, -0.2) is 58.2 Å². The minimum absolute atomic E-state index is 0.0107. The predicted molar refractivity (Wildman–Crippen MR) is 139 cm³/mol.